The first kappa shape index (κ1) is 13.8. The smallest absolute Gasteiger partial charge is 0.272 e. The summed E-state index contributed by atoms with van der Waals surface area (Å²) in [4.78, 5) is 26.5. The molecule has 0 unspecified atom stereocenters. The maximum absolute atomic E-state index is 12.6. The third-order valence-electron chi connectivity index (χ3n) is 3.93. The van der Waals surface area contributed by atoms with Crippen molar-refractivity contribution in [2.45, 2.75) is 32.6 Å². The van der Waals surface area contributed by atoms with Crippen molar-refractivity contribution < 1.29 is 4.79 Å². The predicted molar refractivity (Wildman–Crippen MR) is 80.2 cm³/mol. The van der Waals surface area contributed by atoms with Crippen LogP contribution in [0.25, 0.3) is 0 Å². The van der Waals surface area contributed by atoms with Crippen LogP contribution >= 0.6 is 0 Å². The van der Waals surface area contributed by atoms with E-state index in [9.17, 15) is 4.79 Å². The summed E-state index contributed by atoms with van der Waals surface area (Å²) in [6, 6.07) is 5.57. The number of amides is 1. The predicted octanol–water partition coefficient (Wildman–Crippen LogP) is 2.44. The molecule has 1 atom stereocenters. The second-order valence-corrected chi connectivity index (χ2v) is 5.71. The fraction of sp³-hybridized carbons (Fsp3) is 0.438. The summed E-state index contributed by atoms with van der Waals surface area (Å²) in [5.41, 5.74) is 2.47. The Bertz CT molecular complexity index is 649. The number of aromatic amines is 1. The molecular weight excluding hydrogens is 264 g/mol. The first-order valence-corrected chi connectivity index (χ1v) is 7.38. The van der Waals surface area contributed by atoms with Gasteiger partial charge in [-0.1, -0.05) is 6.07 Å². The van der Waals surface area contributed by atoms with Crippen molar-refractivity contribution in [1.82, 2.24) is 19.9 Å². The average Bonchev–Trinajstić information content (AvgIpc) is 2.93. The number of carbonyl (C=O) groups is 1. The van der Waals surface area contributed by atoms with E-state index in [1.807, 2.05) is 37.1 Å². The van der Waals surface area contributed by atoms with E-state index in [2.05, 4.69) is 15.0 Å². The first-order chi connectivity index (χ1) is 10.1. The Hall–Kier alpha value is -2.17. The van der Waals surface area contributed by atoms with Gasteiger partial charge in [-0.15, -0.1) is 0 Å². The quantitative estimate of drug-likeness (QED) is 0.921. The van der Waals surface area contributed by atoms with Crippen LogP contribution in [0.1, 0.15) is 46.5 Å². The Morgan fingerprint density at radius 2 is 2.24 bits per heavy atom. The molecule has 0 aromatic carbocycles. The third-order valence-corrected chi connectivity index (χ3v) is 3.93. The van der Waals surface area contributed by atoms with E-state index in [0.717, 1.165) is 36.6 Å². The van der Waals surface area contributed by atoms with E-state index in [1.54, 1.807) is 6.07 Å². The van der Waals surface area contributed by atoms with Gasteiger partial charge in [0, 0.05) is 36.6 Å². The molecule has 1 saturated heterocycles. The Balaban J connectivity index is 1.75. The molecule has 3 rings (SSSR count). The van der Waals surface area contributed by atoms with Crippen LogP contribution < -0.4 is 0 Å². The number of likely N-dealkylation sites (tertiary alicyclic amines) is 1. The summed E-state index contributed by atoms with van der Waals surface area (Å²) < 4.78 is 0. The van der Waals surface area contributed by atoms with Gasteiger partial charge in [-0.3, -0.25) is 4.79 Å². The van der Waals surface area contributed by atoms with Crippen LogP contribution in [0.2, 0.25) is 0 Å². The summed E-state index contributed by atoms with van der Waals surface area (Å²) in [6.07, 6.45) is 3.91. The van der Waals surface area contributed by atoms with Crippen molar-refractivity contribution in [2.75, 3.05) is 13.1 Å². The molecule has 2 aromatic rings. The molecule has 21 heavy (non-hydrogen) atoms. The number of aromatic nitrogens is 3. The minimum atomic E-state index is 0.0201. The van der Waals surface area contributed by atoms with Crippen LogP contribution in [0.3, 0.4) is 0 Å². The highest BCUT2D eigenvalue weighted by Crippen LogP contribution is 2.25. The van der Waals surface area contributed by atoms with E-state index < -0.39 is 0 Å². The number of aryl methyl sites for hydroxylation is 2. The number of pyridine rings is 1. The summed E-state index contributed by atoms with van der Waals surface area (Å²) in [5.74, 6) is 1.30. The number of rotatable bonds is 2. The van der Waals surface area contributed by atoms with Gasteiger partial charge < -0.3 is 9.88 Å². The number of H-pyrrole nitrogens is 1. The lowest BCUT2D eigenvalue weighted by atomic mass is 9.97. The Morgan fingerprint density at radius 3 is 2.95 bits per heavy atom. The molecule has 1 aliphatic rings. The molecule has 0 spiro atoms. The van der Waals surface area contributed by atoms with Crippen molar-refractivity contribution in [2.24, 2.45) is 0 Å². The van der Waals surface area contributed by atoms with Gasteiger partial charge in [-0.05, 0) is 38.8 Å². The molecule has 1 N–H and O–H groups in total. The molecule has 0 saturated carbocycles. The summed E-state index contributed by atoms with van der Waals surface area (Å²) in [5, 5.41) is 0. The lowest BCUT2D eigenvalue weighted by Crippen LogP contribution is -2.39. The van der Waals surface area contributed by atoms with Crippen LogP contribution in [-0.2, 0) is 0 Å². The summed E-state index contributed by atoms with van der Waals surface area (Å²) in [6.45, 7) is 5.41. The molecule has 5 heteroatoms. The van der Waals surface area contributed by atoms with Crippen molar-refractivity contribution >= 4 is 5.91 Å². The van der Waals surface area contributed by atoms with Crippen LogP contribution in [-0.4, -0.2) is 38.8 Å². The Labute approximate surface area is 124 Å². The molecular formula is C16H20N4O. The summed E-state index contributed by atoms with van der Waals surface area (Å²) in [7, 11) is 0. The second-order valence-electron chi connectivity index (χ2n) is 5.71. The van der Waals surface area contributed by atoms with Gasteiger partial charge in [0.1, 0.15) is 11.5 Å². The van der Waals surface area contributed by atoms with Crippen molar-refractivity contribution in [1.29, 1.82) is 0 Å². The number of nitrogens with zero attached hydrogens (tertiary/aromatic N) is 3. The zero-order chi connectivity index (χ0) is 14.8. The maximum Gasteiger partial charge on any atom is 0.272 e. The first-order valence-electron chi connectivity index (χ1n) is 7.38. The Morgan fingerprint density at radius 1 is 1.38 bits per heavy atom. The summed E-state index contributed by atoms with van der Waals surface area (Å²) >= 11 is 0. The lowest BCUT2D eigenvalue weighted by molar-refractivity contribution is 0.0698. The highest BCUT2D eigenvalue weighted by atomic mass is 16.2. The van der Waals surface area contributed by atoms with E-state index in [0.29, 0.717) is 18.2 Å². The van der Waals surface area contributed by atoms with E-state index in [1.165, 1.54) is 0 Å². The molecule has 3 heterocycles. The van der Waals surface area contributed by atoms with Gasteiger partial charge in [0.2, 0.25) is 0 Å². The van der Waals surface area contributed by atoms with Crippen molar-refractivity contribution in [3.63, 3.8) is 0 Å². The molecule has 5 nitrogen and oxygen atoms in total. The molecule has 2 aromatic heterocycles. The largest absolute Gasteiger partial charge is 0.346 e. The zero-order valence-electron chi connectivity index (χ0n) is 12.5. The number of nitrogens with one attached hydrogen (secondary N) is 1. The highest BCUT2D eigenvalue weighted by Gasteiger charge is 2.27. The van der Waals surface area contributed by atoms with Gasteiger partial charge in [0.25, 0.3) is 5.91 Å². The molecule has 0 aliphatic carbocycles. The van der Waals surface area contributed by atoms with Crippen molar-refractivity contribution in [3.05, 3.63) is 47.3 Å². The Kier molecular flexibility index (Phi) is 3.73. The van der Waals surface area contributed by atoms with Crippen LogP contribution in [0.4, 0.5) is 0 Å². The highest BCUT2D eigenvalue weighted by molar-refractivity contribution is 5.92. The molecule has 1 amide bonds. The zero-order valence-corrected chi connectivity index (χ0v) is 12.5. The fourth-order valence-electron chi connectivity index (χ4n) is 2.85. The van der Waals surface area contributed by atoms with Crippen LogP contribution in [0, 0.1) is 13.8 Å². The van der Waals surface area contributed by atoms with Gasteiger partial charge >= 0.3 is 0 Å². The van der Waals surface area contributed by atoms with Gasteiger partial charge in [-0.2, -0.15) is 0 Å². The van der Waals surface area contributed by atoms with Crippen molar-refractivity contribution in [3.8, 4) is 0 Å². The monoisotopic (exact) mass is 284 g/mol. The average molecular weight is 284 g/mol. The standard InChI is InChI=1S/C16H20N4O/c1-11-5-3-7-14(18-11)16(21)20-8-4-6-13(10-20)15-17-9-12(2)19-15/h3,5,7,9,13H,4,6,8,10H2,1-2H3,(H,17,19)/t13-/m0/s1. The number of hydrogen-bond donors (Lipinski definition) is 1. The van der Waals surface area contributed by atoms with E-state index in [4.69, 9.17) is 0 Å². The van der Waals surface area contributed by atoms with E-state index >= 15 is 0 Å². The van der Waals surface area contributed by atoms with Gasteiger partial charge in [0.15, 0.2) is 0 Å². The fourth-order valence-corrected chi connectivity index (χ4v) is 2.85. The molecule has 0 radical (unpaired) electrons. The second kappa shape index (κ2) is 5.68. The normalized spacial score (nSPS) is 18.8. The minimum Gasteiger partial charge on any atom is -0.346 e. The molecule has 1 fully saturated rings. The molecule has 110 valence electrons. The van der Waals surface area contributed by atoms with Crippen LogP contribution in [0.5, 0.6) is 0 Å². The topological polar surface area (TPSA) is 61.9 Å². The third kappa shape index (κ3) is 2.96. The van der Waals surface area contributed by atoms with E-state index in [-0.39, 0.29) is 5.91 Å². The lowest BCUT2D eigenvalue weighted by Gasteiger charge is -2.31. The SMILES string of the molecule is Cc1cccc(C(=O)N2CCC[C@H](c3ncc(C)[nH]3)C2)n1. The minimum absolute atomic E-state index is 0.0201. The maximum atomic E-state index is 12.6. The van der Waals surface area contributed by atoms with Gasteiger partial charge in [0.05, 0.1) is 0 Å². The number of imidazole rings is 1. The molecule has 0 bridgehead atoms. The van der Waals surface area contributed by atoms with Gasteiger partial charge in [-0.25, -0.2) is 9.97 Å². The molecule has 1 aliphatic heterocycles. The van der Waals surface area contributed by atoms with Crippen LogP contribution in [0.15, 0.2) is 24.4 Å². The number of hydrogen-bond acceptors (Lipinski definition) is 3. The number of carbonyl (C=O) groups excluding carboxylic acids is 1. The number of piperidine rings is 1.